The lowest BCUT2D eigenvalue weighted by Crippen LogP contribution is -2.39. The summed E-state index contributed by atoms with van der Waals surface area (Å²) < 4.78 is 0.158. The van der Waals surface area contributed by atoms with Crippen molar-refractivity contribution in [2.24, 2.45) is 23.0 Å². The van der Waals surface area contributed by atoms with Gasteiger partial charge in [-0.25, -0.2) is 0 Å². The zero-order valence-electron chi connectivity index (χ0n) is 12.0. The van der Waals surface area contributed by atoms with Crippen molar-refractivity contribution in [2.45, 2.75) is 65.6 Å². The first kappa shape index (κ1) is 16.3. The second-order valence-corrected chi connectivity index (χ2v) is 6.82. The van der Waals surface area contributed by atoms with Crippen molar-refractivity contribution < 1.29 is 0 Å². The lowest BCUT2D eigenvalue weighted by atomic mass is 9.70. The molecular weight excluding hydrogens is 214 g/mol. The molecule has 98 valence electrons. The molecule has 0 aliphatic rings. The highest BCUT2D eigenvalue weighted by Crippen LogP contribution is 2.41. The van der Waals surface area contributed by atoms with E-state index in [1.807, 2.05) is 0 Å². The maximum atomic E-state index is 5.93. The molecule has 0 aliphatic carbocycles. The fourth-order valence-electron chi connectivity index (χ4n) is 2.26. The zero-order chi connectivity index (χ0) is 13.0. The molecule has 0 radical (unpaired) electrons. The van der Waals surface area contributed by atoms with Gasteiger partial charge in [0, 0.05) is 4.75 Å². The maximum Gasteiger partial charge on any atom is 0.0153 e. The van der Waals surface area contributed by atoms with Crippen molar-refractivity contribution in [3.8, 4) is 0 Å². The van der Waals surface area contributed by atoms with Crippen LogP contribution in [0, 0.1) is 17.3 Å². The van der Waals surface area contributed by atoms with Crippen molar-refractivity contribution in [2.75, 3.05) is 6.54 Å². The fourth-order valence-corrected chi connectivity index (χ4v) is 2.53. The molecule has 0 aliphatic heterocycles. The standard InChI is InChI=1S/C14H31NS/c1-7-13(6,10-15)12(5)9-14(16,8-2)11(3)4/h11-12,16H,7-10,15H2,1-6H3. The third-order valence-electron chi connectivity index (χ3n) is 4.81. The van der Waals surface area contributed by atoms with E-state index in [9.17, 15) is 0 Å². The van der Waals surface area contributed by atoms with Gasteiger partial charge in [0.05, 0.1) is 0 Å². The number of hydrogen-bond acceptors (Lipinski definition) is 2. The molecular formula is C14H31NS. The van der Waals surface area contributed by atoms with Gasteiger partial charge in [-0.15, -0.1) is 0 Å². The van der Waals surface area contributed by atoms with Crippen molar-refractivity contribution in [1.29, 1.82) is 0 Å². The summed E-state index contributed by atoms with van der Waals surface area (Å²) in [5.41, 5.74) is 6.19. The molecule has 0 aromatic carbocycles. The van der Waals surface area contributed by atoms with Crippen LogP contribution in [0.2, 0.25) is 0 Å². The first-order chi connectivity index (χ1) is 7.25. The van der Waals surface area contributed by atoms with Gasteiger partial charge >= 0.3 is 0 Å². The van der Waals surface area contributed by atoms with Gasteiger partial charge in [-0.3, -0.25) is 0 Å². The van der Waals surface area contributed by atoms with Crippen LogP contribution in [0.25, 0.3) is 0 Å². The van der Waals surface area contributed by atoms with Gasteiger partial charge < -0.3 is 5.73 Å². The number of nitrogens with two attached hydrogens (primary N) is 1. The largest absolute Gasteiger partial charge is 0.330 e. The Kier molecular flexibility index (Phi) is 6.42. The predicted molar refractivity (Wildman–Crippen MR) is 78.1 cm³/mol. The quantitative estimate of drug-likeness (QED) is 0.648. The highest BCUT2D eigenvalue weighted by Gasteiger charge is 2.36. The molecule has 0 fully saturated rings. The molecule has 0 aromatic heterocycles. The summed E-state index contributed by atoms with van der Waals surface area (Å²) in [4.78, 5) is 0. The number of hydrogen-bond donors (Lipinski definition) is 2. The summed E-state index contributed by atoms with van der Waals surface area (Å²) in [6.07, 6.45) is 3.44. The van der Waals surface area contributed by atoms with Crippen LogP contribution in [-0.2, 0) is 0 Å². The van der Waals surface area contributed by atoms with E-state index in [0.29, 0.717) is 11.8 Å². The Morgan fingerprint density at radius 2 is 1.62 bits per heavy atom. The molecule has 0 bridgehead atoms. The lowest BCUT2D eigenvalue weighted by Gasteiger charge is -2.41. The van der Waals surface area contributed by atoms with E-state index in [1.54, 1.807) is 0 Å². The first-order valence-electron chi connectivity index (χ1n) is 6.68. The monoisotopic (exact) mass is 245 g/mol. The summed E-state index contributed by atoms with van der Waals surface area (Å²) in [7, 11) is 0. The normalized spacial score (nSPS) is 21.6. The third kappa shape index (κ3) is 3.66. The van der Waals surface area contributed by atoms with Gasteiger partial charge in [-0.2, -0.15) is 12.6 Å². The summed E-state index contributed by atoms with van der Waals surface area (Å²) in [6, 6.07) is 0. The van der Waals surface area contributed by atoms with E-state index >= 15 is 0 Å². The van der Waals surface area contributed by atoms with Crippen LogP contribution in [0.5, 0.6) is 0 Å². The van der Waals surface area contributed by atoms with Gasteiger partial charge in [0.25, 0.3) is 0 Å². The maximum absolute atomic E-state index is 5.93. The number of thiol groups is 1. The fraction of sp³-hybridized carbons (Fsp3) is 1.00. The van der Waals surface area contributed by atoms with Crippen molar-refractivity contribution >= 4 is 12.6 Å². The van der Waals surface area contributed by atoms with Crippen molar-refractivity contribution in [1.82, 2.24) is 0 Å². The van der Waals surface area contributed by atoms with Gasteiger partial charge in [0.2, 0.25) is 0 Å². The van der Waals surface area contributed by atoms with Crippen LogP contribution in [0.3, 0.4) is 0 Å². The third-order valence-corrected chi connectivity index (χ3v) is 5.83. The first-order valence-corrected chi connectivity index (χ1v) is 7.13. The van der Waals surface area contributed by atoms with E-state index in [2.05, 4.69) is 41.5 Å². The molecule has 0 rings (SSSR count). The highest BCUT2D eigenvalue weighted by molar-refractivity contribution is 7.81. The average Bonchev–Trinajstić information content (AvgIpc) is 2.27. The molecule has 0 spiro atoms. The van der Waals surface area contributed by atoms with Crippen molar-refractivity contribution in [3.05, 3.63) is 0 Å². The Balaban J connectivity index is 4.70. The Morgan fingerprint density at radius 1 is 1.12 bits per heavy atom. The molecule has 3 unspecified atom stereocenters. The summed E-state index contributed by atoms with van der Waals surface area (Å²) in [5, 5.41) is 0. The smallest absolute Gasteiger partial charge is 0.0153 e. The Hall–Kier alpha value is 0.310. The minimum Gasteiger partial charge on any atom is -0.330 e. The molecule has 2 heteroatoms. The van der Waals surface area contributed by atoms with Crippen LogP contribution >= 0.6 is 12.6 Å². The van der Waals surface area contributed by atoms with Crippen LogP contribution in [0.15, 0.2) is 0 Å². The van der Waals surface area contributed by atoms with Crippen LogP contribution in [0.4, 0.5) is 0 Å². The molecule has 3 atom stereocenters. The van der Waals surface area contributed by atoms with Gasteiger partial charge in [0.15, 0.2) is 0 Å². The Morgan fingerprint density at radius 3 is 1.88 bits per heavy atom. The highest BCUT2D eigenvalue weighted by atomic mass is 32.1. The molecule has 0 aromatic rings. The van der Waals surface area contributed by atoms with E-state index in [1.165, 1.54) is 0 Å². The SMILES string of the molecule is CCC(C)(CN)C(C)CC(S)(CC)C(C)C. The van der Waals surface area contributed by atoms with E-state index in [-0.39, 0.29) is 10.2 Å². The zero-order valence-corrected chi connectivity index (χ0v) is 12.9. The minimum atomic E-state index is 0.158. The molecule has 0 heterocycles. The molecule has 16 heavy (non-hydrogen) atoms. The summed E-state index contributed by atoms with van der Waals surface area (Å²) in [6.45, 7) is 14.4. The molecule has 2 N–H and O–H groups in total. The van der Waals surface area contributed by atoms with E-state index in [0.717, 1.165) is 25.8 Å². The Labute approximate surface area is 108 Å². The van der Waals surface area contributed by atoms with Crippen LogP contribution in [0.1, 0.15) is 60.8 Å². The minimum absolute atomic E-state index is 0.158. The van der Waals surface area contributed by atoms with E-state index in [4.69, 9.17) is 18.4 Å². The van der Waals surface area contributed by atoms with Crippen LogP contribution in [-0.4, -0.2) is 11.3 Å². The second-order valence-electron chi connectivity index (χ2n) is 5.93. The predicted octanol–water partition coefficient (Wildman–Crippen LogP) is 4.12. The lowest BCUT2D eigenvalue weighted by molar-refractivity contribution is 0.164. The topological polar surface area (TPSA) is 26.0 Å². The molecule has 0 saturated carbocycles. The van der Waals surface area contributed by atoms with Gasteiger partial charge in [-0.1, -0.05) is 41.5 Å². The number of rotatable bonds is 7. The van der Waals surface area contributed by atoms with Gasteiger partial charge in [-0.05, 0) is 43.1 Å². The molecule has 0 saturated heterocycles. The molecule has 1 nitrogen and oxygen atoms in total. The van der Waals surface area contributed by atoms with Crippen LogP contribution < -0.4 is 5.73 Å². The Bertz CT molecular complexity index is 199. The average molecular weight is 245 g/mol. The van der Waals surface area contributed by atoms with Crippen molar-refractivity contribution in [3.63, 3.8) is 0 Å². The second kappa shape index (κ2) is 6.30. The molecule has 0 amide bonds. The van der Waals surface area contributed by atoms with Gasteiger partial charge in [0.1, 0.15) is 0 Å². The summed E-state index contributed by atoms with van der Waals surface area (Å²) >= 11 is 4.92. The van der Waals surface area contributed by atoms with E-state index < -0.39 is 0 Å². The summed E-state index contributed by atoms with van der Waals surface area (Å²) in [5.74, 6) is 1.24.